The summed E-state index contributed by atoms with van der Waals surface area (Å²) >= 11 is 0. The van der Waals surface area contributed by atoms with Gasteiger partial charge in [-0.25, -0.2) is 0 Å². The van der Waals surface area contributed by atoms with Gasteiger partial charge in [0, 0.05) is 31.8 Å². The topological polar surface area (TPSA) is 112 Å². The molecule has 2 aliphatic rings. The first-order valence-corrected chi connectivity index (χ1v) is 9.09. The summed E-state index contributed by atoms with van der Waals surface area (Å²) in [4.78, 5) is 22.2. The van der Waals surface area contributed by atoms with Crippen LogP contribution in [0.1, 0.15) is 33.6 Å². The standard InChI is InChI=1S/C21H23N3O4/c1-4-16(11-28-15(3)26)20-18(10-17-6-7-19(20)24-17)21(12-22,13-23)8-5-9-27-14(2)25/h4,10,17,19-20,24H,6-7,9,11H2,1-3H3/t17-,19+,20-/m1/s1. The minimum atomic E-state index is -1.67. The number of carbonyl (C=O) groups excluding carboxylic acids is 2. The van der Waals surface area contributed by atoms with Gasteiger partial charge in [0.1, 0.15) is 18.7 Å². The Kier molecular flexibility index (Phi) is 6.99. The van der Waals surface area contributed by atoms with Crippen molar-refractivity contribution in [3.05, 3.63) is 23.3 Å². The Bertz CT molecular complexity index is 834. The van der Waals surface area contributed by atoms with Crippen LogP contribution in [0.15, 0.2) is 23.3 Å². The molecule has 0 aliphatic carbocycles. The van der Waals surface area contributed by atoms with Crippen molar-refractivity contribution in [3.8, 4) is 24.0 Å². The maximum Gasteiger partial charge on any atom is 0.303 e. The van der Waals surface area contributed by atoms with Crippen LogP contribution in [0.4, 0.5) is 0 Å². The molecule has 0 amide bonds. The van der Waals surface area contributed by atoms with Crippen LogP contribution in [0.5, 0.6) is 0 Å². The number of esters is 2. The average Bonchev–Trinajstić information content (AvgIpc) is 3.05. The summed E-state index contributed by atoms with van der Waals surface area (Å²) in [6, 6.07) is 4.22. The lowest BCUT2D eigenvalue weighted by molar-refractivity contribution is -0.140. The van der Waals surface area contributed by atoms with Crippen molar-refractivity contribution < 1.29 is 19.1 Å². The molecule has 3 atom stereocenters. The SMILES string of the molecule is CC=C(COC(C)=O)[C@@H]1C(C(C#N)(C#N)C#CCOC(C)=O)=C[C@H]2CC[C@@H]1N2. The highest BCUT2D eigenvalue weighted by Crippen LogP contribution is 2.44. The molecular formula is C21H23N3O4. The molecule has 0 aromatic carbocycles. The van der Waals surface area contributed by atoms with Crippen LogP contribution in [-0.4, -0.2) is 37.2 Å². The van der Waals surface area contributed by atoms with Crippen LogP contribution in [-0.2, 0) is 19.1 Å². The average molecular weight is 381 g/mol. The quantitative estimate of drug-likeness (QED) is 0.439. The molecule has 1 N–H and O–H groups in total. The number of nitrogens with zero attached hydrogens (tertiary/aromatic N) is 2. The Morgan fingerprint density at radius 1 is 1.25 bits per heavy atom. The fourth-order valence-corrected chi connectivity index (χ4v) is 3.67. The molecule has 146 valence electrons. The van der Waals surface area contributed by atoms with Crippen molar-refractivity contribution in [2.45, 2.75) is 45.7 Å². The number of hydrogen-bond acceptors (Lipinski definition) is 7. The van der Waals surface area contributed by atoms with Gasteiger partial charge in [0.05, 0.1) is 0 Å². The molecule has 2 rings (SSSR count). The molecule has 0 spiro atoms. The third-order valence-electron chi connectivity index (χ3n) is 4.94. The van der Waals surface area contributed by atoms with Gasteiger partial charge in [-0.3, -0.25) is 9.59 Å². The molecule has 0 aromatic rings. The zero-order valence-electron chi connectivity index (χ0n) is 16.2. The first-order valence-electron chi connectivity index (χ1n) is 9.09. The van der Waals surface area contributed by atoms with E-state index in [4.69, 9.17) is 9.47 Å². The molecular weight excluding hydrogens is 358 g/mol. The zero-order valence-corrected chi connectivity index (χ0v) is 16.2. The van der Waals surface area contributed by atoms with E-state index in [0.29, 0.717) is 5.57 Å². The third-order valence-corrected chi connectivity index (χ3v) is 4.94. The number of nitrogens with one attached hydrogen (secondary N) is 1. The van der Waals surface area contributed by atoms with Crippen LogP contribution in [0, 0.1) is 45.8 Å². The van der Waals surface area contributed by atoms with Crippen molar-refractivity contribution in [2.75, 3.05) is 13.2 Å². The third kappa shape index (κ3) is 4.60. The van der Waals surface area contributed by atoms with Gasteiger partial charge < -0.3 is 14.8 Å². The van der Waals surface area contributed by atoms with Gasteiger partial charge in [-0.15, -0.1) is 0 Å². The van der Waals surface area contributed by atoms with E-state index in [2.05, 4.69) is 29.3 Å². The fraction of sp³-hybridized carbons (Fsp3) is 0.524. The molecule has 0 saturated carbocycles. The maximum absolute atomic E-state index is 11.3. The highest BCUT2D eigenvalue weighted by Gasteiger charge is 2.47. The molecule has 0 aromatic heterocycles. The molecule has 2 heterocycles. The number of carbonyl (C=O) groups is 2. The molecule has 0 unspecified atom stereocenters. The summed E-state index contributed by atoms with van der Waals surface area (Å²) in [5, 5.41) is 23.2. The van der Waals surface area contributed by atoms with E-state index in [9.17, 15) is 20.1 Å². The Labute approximate surface area is 165 Å². The lowest BCUT2D eigenvalue weighted by Crippen LogP contribution is -2.44. The summed E-state index contributed by atoms with van der Waals surface area (Å²) in [6.07, 6.45) is 5.52. The predicted molar refractivity (Wildman–Crippen MR) is 100.0 cm³/mol. The molecule has 2 aliphatic heterocycles. The molecule has 1 saturated heterocycles. The Morgan fingerprint density at radius 2 is 1.93 bits per heavy atom. The second kappa shape index (κ2) is 9.22. The smallest absolute Gasteiger partial charge is 0.303 e. The lowest BCUT2D eigenvalue weighted by atomic mass is 9.70. The lowest BCUT2D eigenvalue weighted by Gasteiger charge is -2.36. The van der Waals surface area contributed by atoms with Crippen LogP contribution in [0.25, 0.3) is 0 Å². The Hall–Kier alpha value is -3.08. The van der Waals surface area contributed by atoms with E-state index in [0.717, 1.165) is 18.4 Å². The van der Waals surface area contributed by atoms with Gasteiger partial charge in [-0.2, -0.15) is 10.5 Å². The van der Waals surface area contributed by atoms with Crippen molar-refractivity contribution in [3.63, 3.8) is 0 Å². The number of rotatable bonds is 5. The molecule has 2 bridgehead atoms. The maximum atomic E-state index is 11.3. The van der Waals surface area contributed by atoms with Gasteiger partial charge >= 0.3 is 11.9 Å². The van der Waals surface area contributed by atoms with Crippen molar-refractivity contribution in [2.24, 2.45) is 11.3 Å². The van der Waals surface area contributed by atoms with Crippen LogP contribution >= 0.6 is 0 Å². The van der Waals surface area contributed by atoms with Gasteiger partial charge in [-0.05, 0) is 30.9 Å². The van der Waals surface area contributed by atoms with Crippen LogP contribution in [0.2, 0.25) is 0 Å². The van der Waals surface area contributed by atoms with E-state index < -0.39 is 17.4 Å². The number of ether oxygens (including phenoxy) is 2. The summed E-state index contributed by atoms with van der Waals surface area (Å²) in [5.74, 6) is 4.18. The first-order chi connectivity index (χ1) is 13.4. The summed E-state index contributed by atoms with van der Waals surface area (Å²) in [6.45, 7) is 4.34. The van der Waals surface area contributed by atoms with E-state index >= 15 is 0 Å². The molecule has 28 heavy (non-hydrogen) atoms. The largest absolute Gasteiger partial charge is 0.461 e. The zero-order chi connectivity index (χ0) is 20.7. The van der Waals surface area contributed by atoms with E-state index in [-0.39, 0.29) is 31.2 Å². The molecule has 7 heteroatoms. The highest BCUT2D eigenvalue weighted by atomic mass is 16.5. The van der Waals surface area contributed by atoms with E-state index in [1.54, 1.807) is 0 Å². The second-order valence-corrected chi connectivity index (χ2v) is 6.76. The normalized spacial score (nSPS) is 23.4. The minimum absolute atomic E-state index is 0.0307. The highest BCUT2D eigenvalue weighted by molar-refractivity contribution is 5.66. The van der Waals surface area contributed by atoms with Crippen molar-refractivity contribution >= 4 is 11.9 Å². The molecule has 1 fully saturated rings. The minimum Gasteiger partial charge on any atom is -0.461 e. The molecule has 7 nitrogen and oxygen atoms in total. The van der Waals surface area contributed by atoms with Gasteiger partial charge in [0.2, 0.25) is 5.41 Å². The predicted octanol–water partition coefficient (Wildman–Crippen LogP) is 1.77. The summed E-state index contributed by atoms with van der Waals surface area (Å²) in [7, 11) is 0. The van der Waals surface area contributed by atoms with Crippen LogP contribution in [0.3, 0.4) is 0 Å². The van der Waals surface area contributed by atoms with Crippen molar-refractivity contribution in [1.82, 2.24) is 5.32 Å². The summed E-state index contributed by atoms with van der Waals surface area (Å²) < 4.78 is 9.98. The van der Waals surface area contributed by atoms with E-state index in [1.807, 2.05) is 19.1 Å². The Morgan fingerprint density at radius 3 is 2.50 bits per heavy atom. The number of nitriles is 2. The second-order valence-electron chi connectivity index (χ2n) is 6.76. The number of hydrogen-bond donors (Lipinski definition) is 1. The number of allylic oxidation sites excluding steroid dienone is 1. The number of fused-ring (bicyclic) bond motifs is 2. The van der Waals surface area contributed by atoms with Crippen LogP contribution < -0.4 is 5.32 Å². The van der Waals surface area contributed by atoms with E-state index in [1.165, 1.54) is 13.8 Å². The molecule has 0 radical (unpaired) electrons. The Balaban J connectivity index is 2.44. The monoisotopic (exact) mass is 381 g/mol. The fourth-order valence-electron chi connectivity index (χ4n) is 3.67. The van der Waals surface area contributed by atoms with Gasteiger partial charge in [0.15, 0.2) is 6.61 Å². The summed E-state index contributed by atoms with van der Waals surface area (Å²) in [5.41, 5.74) is -0.256. The van der Waals surface area contributed by atoms with Crippen molar-refractivity contribution in [1.29, 1.82) is 10.5 Å². The van der Waals surface area contributed by atoms with Gasteiger partial charge in [-0.1, -0.05) is 24.0 Å². The van der Waals surface area contributed by atoms with Gasteiger partial charge in [0.25, 0.3) is 0 Å². The first kappa shape index (κ1) is 21.2.